The molecule has 1 nitrogen and oxygen atoms in total. The Morgan fingerprint density at radius 2 is 1.82 bits per heavy atom. The number of aryl methyl sites for hydroxylation is 1. The van der Waals surface area contributed by atoms with Gasteiger partial charge in [-0.1, -0.05) is 31.0 Å². The predicted molar refractivity (Wildman–Crippen MR) is 71.3 cm³/mol. The van der Waals surface area contributed by atoms with E-state index in [-0.39, 0.29) is 0 Å². The van der Waals surface area contributed by atoms with E-state index >= 15 is 0 Å². The number of nitrogens with one attached hydrogen (secondary N) is 1. The Balaban J connectivity index is 1.84. The van der Waals surface area contributed by atoms with Gasteiger partial charge in [0.15, 0.2) is 0 Å². The molecule has 2 aliphatic carbocycles. The van der Waals surface area contributed by atoms with Crippen molar-refractivity contribution in [3.05, 3.63) is 35.5 Å². The summed E-state index contributed by atoms with van der Waals surface area (Å²) in [6, 6.07) is 8.84. The molecule has 17 heavy (non-hydrogen) atoms. The summed E-state index contributed by atoms with van der Waals surface area (Å²) in [5.74, 6) is 1.82. The second-order valence-corrected chi connectivity index (χ2v) is 5.75. The van der Waals surface area contributed by atoms with Crippen molar-refractivity contribution in [2.24, 2.45) is 5.92 Å². The van der Waals surface area contributed by atoms with Gasteiger partial charge in [-0.05, 0) is 49.1 Å². The first-order chi connectivity index (χ1) is 8.43. The number of aromatic amines is 1. The molecule has 1 fully saturated rings. The van der Waals surface area contributed by atoms with Crippen LogP contribution in [-0.2, 0) is 6.42 Å². The maximum Gasteiger partial charge on any atom is 0.0459 e. The highest BCUT2D eigenvalue weighted by Crippen LogP contribution is 2.47. The maximum atomic E-state index is 3.63. The van der Waals surface area contributed by atoms with Crippen molar-refractivity contribution in [2.45, 2.75) is 44.4 Å². The fourth-order valence-corrected chi connectivity index (χ4v) is 4.12. The van der Waals surface area contributed by atoms with Gasteiger partial charge in [0.25, 0.3) is 0 Å². The van der Waals surface area contributed by atoms with Crippen LogP contribution in [0.15, 0.2) is 24.3 Å². The third-order valence-corrected chi connectivity index (χ3v) is 4.87. The van der Waals surface area contributed by atoms with Gasteiger partial charge < -0.3 is 4.98 Å². The van der Waals surface area contributed by atoms with Crippen LogP contribution in [0.3, 0.4) is 0 Å². The third kappa shape index (κ3) is 1.38. The monoisotopic (exact) mass is 225 g/mol. The molecule has 1 heterocycles. The Morgan fingerprint density at radius 1 is 1.00 bits per heavy atom. The van der Waals surface area contributed by atoms with Crippen LogP contribution in [0.4, 0.5) is 0 Å². The molecular formula is C16H19N. The topological polar surface area (TPSA) is 15.8 Å². The van der Waals surface area contributed by atoms with Gasteiger partial charge in [0.2, 0.25) is 0 Å². The lowest BCUT2D eigenvalue weighted by Gasteiger charge is -2.18. The van der Waals surface area contributed by atoms with Gasteiger partial charge in [0.1, 0.15) is 0 Å². The molecule has 2 aliphatic rings. The average molecular weight is 225 g/mol. The van der Waals surface area contributed by atoms with Crippen LogP contribution < -0.4 is 0 Å². The molecule has 0 spiro atoms. The Morgan fingerprint density at radius 3 is 2.71 bits per heavy atom. The predicted octanol–water partition coefficient (Wildman–Crippen LogP) is 4.39. The van der Waals surface area contributed by atoms with E-state index in [0.717, 1.165) is 11.8 Å². The summed E-state index contributed by atoms with van der Waals surface area (Å²) < 4.78 is 0. The molecule has 1 atom stereocenters. The molecule has 0 aliphatic heterocycles. The molecule has 0 bridgehead atoms. The summed E-state index contributed by atoms with van der Waals surface area (Å²) in [5.41, 5.74) is 4.55. The molecule has 4 rings (SSSR count). The fourth-order valence-electron chi connectivity index (χ4n) is 4.12. The van der Waals surface area contributed by atoms with Crippen molar-refractivity contribution in [3.8, 4) is 0 Å². The minimum absolute atomic E-state index is 0.851. The van der Waals surface area contributed by atoms with Crippen molar-refractivity contribution in [1.82, 2.24) is 4.98 Å². The highest BCUT2D eigenvalue weighted by atomic mass is 14.7. The molecule has 1 unspecified atom stereocenters. The standard InChI is InChI=1S/C16H19N/c1-2-6-11(5-1)12-9-10-15-16(12)13-7-3-4-8-14(13)17-15/h3-4,7-8,11-12,17H,1-2,5-6,9-10H2. The van der Waals surface area contributed by atoms with Gasteiger partial charge in [-0.3, -0.25) is 0 Å². The van der Waals surface area contributed by atoms with E-state index in [2.05, 4.69) is 29.2 Å². The maximum absolute atomic E-state index is 3.63. The van der Waals surface area contributed by atoms with Crippen molar-refractivity contribution >= 4 is 10.9 Å². The number of H-pyrrole nitrogens is 1. The van der Waals surface area contributed by atoms with E-state index in [1.807, 2.05) is 0 Å². The minimum Gasteiger partial charge on any atom is -0.358 e. The molecule has 1 heteroatoms. The largest absolute Gasteiger partial charge is 0.358 e. The molecule has 1 aromatic carbocycles. The molecule has 1 N–H and O–H groups in total. The lowest BCUT2D eigenvalue weighted by molar-refractivity contribution is 0.434. The minimum atomic E-state index is 0.851. The number of hydrogen-bond donors (Lipinski definition) is 1. The number of para-hydroxylation sites is 1. The summed E-state index contributed by atoms with van der Waals surface area (Å²) in [4.78, 5) is 3.63. The van der Waals surface area contributed by atoms with E-state index in [9.17, 15) is 0 Å². The molecule has 0 amide bonds. The summed E-state index contributed by atoms with van der Waals surface area (Å²) in [6.45, 7) is 0. The van der Waals surface area contributed by atoms with Crippen molar-refractivity contribution < 1.29 is 0 Å². The second kappa shape index (κ2) is 3.63. The first kappa shape index (κ1) is 9.76. The number of aromatic nitrogens is 1. The zero-order valence-electron chi connectivity index (χ0n) is 10.2. The van der Waals surface area contributed by atoms with Crippen LogP contribution in [0, 0.1) is 5.92 Å². The Labute approximate surface area is 102 Å². The van der Waals surface area contributed by atoms with Gasteiger partial charge in [-0.25, -0.2) is 0 Å². The van der Waals surface area contributed by atoms with E-state index in [4.69, 9.17) is 0 Å². The van der Waals surface area contributed by atoms with Crippen molar-refractivity contribution in [3.63, 3.8) is 0 Å². The SMILES string of the molecule is c1ccc2c3c([nH]c2c1)CCC3C1CCCC1. The van der Waals surface area contributed by atoms with Crippen LogP contribution >= 0.6 is 0 Å². The number of rotatable bonds is 1. The summed E-state index contributed by atoms with van der Waals surface area (Å²) >= 11 is 0. The van der Waals surface area contributed by atoms with Gasteiger partial charge in [-0.15, -0.1) is 0 Å². The molecule has 0 radical (unpaired) electrons. The fraction of sp³-hybridized carbons (Fsp3) is 0.500. The summed E-state index contributed by atoms with van der Waals surface area (Å²) in [5, 5.41) is 1.50. The van der Waals surface area contributed by atoms with Gasteiger partial charge in [0.05, 0.1) is 0 Å². The normalized spacial score (nSPS) is 24.6. The average Bonchev–Trinajstić information content (AvgIpc) is 3.04. The lowest BCUT2D eigenvalue weighted by Crippen LogP contribution is -2.05. The zero-order valence-corrected chi connectivity index (χ0v) is 10.2. The number of benzene rings is 1. The van der Waals surface area contributed by atoms with Gasteiger partial charge in [-0.2, -0.15) is 0 Å². The Hall–Kier alpha value is -1.24. The van der Waals surface area contributed by atoms with Crippen LogP contribution in [0.2, 0.25) is 0 Å². The Kier molecular flexibility index (Phi) is 2.08. The molecule has 2 aromatic rings. The van der Waals surface area contributed by atoms with Crippen LogP contribution in [-0.4, -0.2) is 4.98 Å². The lowest BCUT2D eigenvalue weighted by atomic mass is 9.85. The van der Waals surface area contributed by atoms with E-state index in [1.54, 1.807) is 5.56 Å². The first-order valence-electron chi connectivity index (χ1n) is 7.03. The third-order valence-electron chi connectivity index (χ3n) is 4.87. The molecular weight excluding hydrogens is 206 g/mol. The van der Waals surface area contributed by atoms with E-state index < -0.39 is 0 Å². The highest BCUT2D eigenvalue weighted by Gasteiger charge is 2.33. The van der Waals surface area contributed by atoms with Gasteiger partial charge >= 0.3 is 0 Å². The van der Waals surface area contributed by atoms with E-state index in [1.165, 1.54) is 55.1 Å². The van der Waals surface area contributed by atoms with Crippen LogP contribution in [0.5, 0.6) is 0 Å². The van der Waals surface area contributed by atoms with Crippen LogP contribution in [0.25, 0.3) is 10.9 Å². The Bertz CT molecular complexity index is 546. The molecule has 1 saturated carbocycles. The summed E-state index contributed by atoms with van der Waals surface area (Å²) in [7, 11) is 0. The first-order valence-corrected chi connectivity index (χ1v) is 7.03. The smallest absolute Gasteiger partial charge is 0.0459 e. The van der Waals surface area contributed by atoms with Crippen LogP contribution in [0.1, 0.15) is 49.3 Å². The zero-order chi connectivity index (χ0) is 11.2. The number of fused-ring (bicyclic) bond motifs is 3. The van der Waals surface area contributed by atoms with Gasteiger partial charge in [0, 0.05) is 16.6 Å². The van der Waals surface area contributed by atoms with E-state index in [0.29, 0.717) is 0 Å². The quantitative estimate of drug-likeness (QED) is 0.741. The van der Waals surface area contributed by atoms with Crippen molar-refractivity contribution in [1.29, 1.82) is 0 Å². The molecule has 88 valence electrons. The van der Waals surface area contributed by atoms with Crippen molar-refractivity contribution in [2.75, 3.05) is 0 Å². The highest BCUT2D eigenvalue weighted by molar-refractivity contribution is 5.85. The second-order valence-electron chi connectivity index (χ2n) is 5.75. The summed E-state index contributed by atoms with van der Waals surface area (Å²) in [6.07, 6.45) is 8.49. The molecule has 0 saturated heterocycles. The number of hydrogen-bond acceptors (Lipinski definition) is 0. The molecule has 1 aromatic heterocycles.